The highest BCUT2D eigenvalue weighted by molar-refractivity contribution is 5.93. The Labute approximate surface area is 171 Å². The standard InChI is InChI=1S/C22H27N5O2/c1-15-24-20(22(29)23-13-12-17-6-4-3-5-7-17)14-21(25-15)27-19-10-8-18(9-11-19)26-16(2)28/h6,8-11,14H,3-5,7,12-13H2,1-2H3,(H,23,29)(H,26,28)(H,24,25,27). The maximum atomic E-state index is 12.5. The molecular weight excluding hydrogens is 366 g/mol. The van der Waals surface area contributed by atoms with Crippen molar-refractivity contribution in [2.75, 3.05) is 17.2 Å². The van der Waals surface area contributed by atoms with E-state index in [1.54, 1.807) is 25.1 Å². The first-order valence-electron chi connectivity index (χ1n) is 9.96. The third kappa shape index (κ3) is 6.41. The van der Waals surface area contributed by atoms with Crippen molar-refractivity contribution in [1.29, 1.82) is 0 Å². The van der Waals surface area contributed by atoms with Crippen molar-refractivity contribution < 1.29 is 9.59 Å². The second kappa shape index (κ2) is 9.82. The molecule has 29 heavy (non-hydrogen) atoms. The van der Waals surface area contributed by atoms with Crippen molar-refractivity contribution in [2.45, 2.75) is 46.0 Å². The van der Waals surface area contributed by atoms with Crippen molar-refractivity contribution in [3.63, 3.8) is 0 Å². The van der Waals surface area contributed by atoms with Crippen LogP contribution in [-0.2, 0) is 4.79 Å². The van der Waals surface area contributed by atoms with Gasteiger partial charge in [0.1, 0.15) is 17.3 Å². The van der Waals surface area contributed by atoms with Crippen molar-refractivity contribution in [2.24, 2.45) is 0 Å². The van der Waals surface area contributed by atoms with Crippen LogP contribution in [-0.4, -0.2) is 28.3 Å². The largest absolute Gasteiger partial charge is 0.350 e. The predicted octanol–water partition coefficient (Wildman–Crippen LogP) is 4.11. The molecule has 0 saturated carbocycles. The number of allylic oxidation sites excluding steroid dienone is 1. The molecule has 0 spiro atoms. The molecule has 0 bridgehead atoms. The summed E-state index contributed by atoms with van der Waals surface area (Å²) in [6, 6.07) is 8.90. The smallest absolute Gasteiger partial charge is 0.270 e. The number of aromatic nitrogens is 2. The van der Waals surface area contributed by atoms with Gasteiger partial charge in [-0.25, -0.2) is 9.97 Å². The fraction of sp³-hybridized carbons (Fsp3) is 0.364. The van der Waals surface area contributed by atoms with Crippen LogP contribution in [0.4, 0.5) is 17.2 Å². The minimum atomic E-state index is -0.198. The van der Waals surface area contributed by atoms with Gasteiger partial charge in [0.05, 0.1) is 0 Å². The average molecular weight is 393 g/mol. The Bertz CT molecular complexity index is 906. The van der Waals surface area contributed by atoms with E-state index < -0.39 is 0 Å². The number of aryl methyl sites for hydroxylation is 1. The number of benzene rings is 1. The monoisotopic (exact) mass is 393 g/mol. The number of rotatable bonds is 7. The van der Waals surface area contributed by atoms with Gasteiger partial charge >= 0.3 is 0 Å². The first-order chi connectivity index (χ1) is 14.0. The van der Waals surface area contributed by atoms with Gasteiger partial charge in [-0.2, -0.15) is 0 Å². The summed E-state index contributed by atoms with van der Waals surface area (Å²) < 4.78 is 0. The van der Waals surface area contributed by atoms with Crippen molar-refractivity contribution >= 4 is 29.0 Å². The third-order valence-corrected chi connectivity index (χ3v) is 4.66. The summed E-state index contributed by atoms with van der Waals surface area (Å²) in [5.74, 6) is 0.749. The maximum absolute atomic E-state index is 12.5. The van der Waals surface area contributed by atoms with Crippen LogP contribution >= 0.6 is 0 Å². The van der Waals surface area contributed by atoms with E-state index in [1.807, 2.05) is 12.1 Å². The van der Waals surface area contributed by atoms with Crippen molar-refractivity contribution in [3.8, 4) is 0 Å². The number of carbonyl (C=O) groups excluding carboxylic acids is 2. The van der Waals surface area contributed by atoms with Crippen LogP contribution in [0.5, 0.6) is 0 Å². The predicted molar refractivity (Wildman–Crippen MR) is 114 cm³/mol. The number of nitrogens with one attached hydrogen (secondary N) is 3. The van der Waals surface area contributed by atoms with Gasteiger partial charge in [-0.1, -0.05) is 11.6 Å². The summed E-state index contributed by atoms with van der Waals surface area (Å²) in [6.45, 7) is 3.84. The lowest BCUT2D eigenvalue weighted by Gasteiger charge is -2.13. The summed E-state index contributed by atoms with van der Waals surface area (Å²) in [6.07, 6.45) is 7.98. The summed E-state index contributed by atoms with van der Waals surface area (Å²) in [4.78, 5) is 32.2. The average Bonchev–Trinajstić information content (AvgIpc) is 2.69. The van der Waals surface area contributed by atoms with Gasteiger partial charge in [0, 0.05) is 30.9 Å². The molecule has 0 radical (unpaired) electrons. The quantitative estimate of drug-likeness (QED) is 0.615. The molecule has 3 N–H and O–H groups in total. The molecule has 3 rings (SSSR count). The first kappa shape index (κ1) is 20.5. The van der Waals surface area contributed by atoms with Gasteiger partial charge in [-0.15, -0.1) is 0 Å². The van der Waals surface area contributed by atoms with Gasteiger partial charge in [-0.05, 0) is 63.3 Å². The van der Waals surface area contributed by atoms with Crippen LogP contribution < -0.4 is 16.0 Å². The molecule has 0 aliphatic heterocycles. The zero-order valence-electron chi connectivity index (χ0n) is 16.9. The third-order valence-electron chi connectivity index (χ3n) is 4.66. The van der Waals surface area contributed by atoms with Crippen LogP contribution in [0.1, 0.15) is 55.3 Å². The molecule has 152 valence electrons. The Morgan fingerprint density at radius 1 is 1.07 bits per heavy atom. The maximum Gasteiger partial charge on any atom is 0.270 e. The summed E-state index contributed by atoms with van der Waals surface area (Å²) in [5.41, 5.74) is 3.29. The number of amides is 2. The minimum absolute atomic E-state index is 0.118. The Kier molecular flexibility index (Phi) is 6.94. The molecule has 2 aromatic rings. The van der Waals surface area contributed by atoms with E-state index in [0.29, 0.717) is 23.9 Å². The van der Waals surface area contributed by atoms with E-state index in [1.165, 1.54) is 25.3 Å². The highest BCUT2D eigenvalue weighted by Gasteiger charge is 2.11. The lowest BCUT2D eigenvalue weighted by molar-refractivity contribution is -0.114. The first-order valence-corrected chi connectivity index (χ1v) is 9.96. The highest BCUT2D eigenvalue weighted by atomic mass is 16.2. The molecule has 1 aromatic carbocycles. The number of hydrogen-bond acceptors (Lipinski definition) is 5. The molecule has 7 nitrogen and oxygen atoms in total. The molecule has 1 aliphatic carbocycles. The molecule has 7 heteroatoms. The Hall–Kier alpha value is -3.22. The van der Waals surface area contributed by atoms with Gasteiger partial charge in [0.25, 0.3) is 5.91 Å². The molecule has 1 heterocycles. The minimum Gasteiger partial charge on any atom is -0.350 e. The topological polar surface area (TPSA) is 96.0 Å². The van der Waals surface area contributed by atoms with Crippen LogP contribution in [0.2, 0.25) is 0 Å². The van der Waals surface area contributed by atoms with Crippen molar-refractivity contribution in [3.05, 3.63) is 53.5 Å². The fourth-order valence-corrected chi connectivity index (χ4v) is 3.29. The van der Waals surface area contributed by atoms with Gasteiger partial charge < -0.3 is 16.0 Å². The zero-order chi connectivity index (χ0) is 20.6. The van der Waals surface area contributed by atoms with E-state index in [4.69, 9.17) is 0 Å². The second-order valence-corrected chi connectivity index (χ2v) is 7.18. The lowest BCUT2D eigenvalue weighted by atomic mass is 9.97. The summed E-state index contributed by atoms with van der Waals surface area (Å²) >= 11 is 0. The Morgan fingerprint density at radius 2 is 1.83 bits per heavy atom. The molecule has 2 amide bonds. The fourth-order valence-electron chi connectivity index (χ4n) is 3.29. The number of carbonyl (C=O) groups is 2. The van der Waals surface area contributed by atoms with E-state index >= 15 is 0 Å². The SMILES string of the molecule is CC(=O)Nc1ccc(Nc2cc(C(=O)NCCC3=CCCCC3)nc(C)n2)cc1. The Morgan fingerprint density at radius 3 is 2.52 bits per heavy atom. The number of hydrogen-bond donors (Lipinski definition) is 3. The van der Waals surface area contributed by atoms with Crippen LogP contribution in [0.3, 0.4) is 0 Å². The van der Waals surface area contributed by atoms with E-state index in [9.17, 15) is 9.59 Å². The normalized spacial score (nSPS) is 13.4. The van der Waals surface area contributed by atoms with Crippen LogP contribution in [0.15, 0.2) is 42.0 Å². The molecule has 0 fully saturated rings. The van der Waals surface area contributed by atoms with E-state index in [-0.39, 0.29) is 11.8 Å². The lowest BCUT2D eigenvalue weighted by Crippen LogP contribution is -2.26. The highest BCUT2D eigenvalue weighted by Crippen LogP contribution is 2.20. The summed E-state index contributed by atoms with van der Waals surface area (Å²) in [7, 11) is 0. The zero-order valence-corrected chi connectivity index (χ0v) is 16.9. The Balaban J connectivity index is 1.60. The number of nitrogens with zero attached hydrogens (tertiary/aromatic N) is 2. The van der Waals surface area contributed by atoms with Crippen LogP contribution in [0, 0.1) is 6.92 Å². The van der Waals surface area contributed by atoms with Crippen molar-refractivity contribution in [1.82, 2.24) is 15.3 Å². The summed E-state index contributed by atoms with van der Waals surface area (Å²) in [5, 5.41) is 8.85. The molecule has 0 unspecified atom stereocenters. The second-order valence-electron chi connectivity index (χ2n) is 7.18. The van der Waals surface area contributed by atoms with E-state index in [0.717, 1.165) is 30.6 Å². The molecule has 0 saturated heterocycles. The molecular formula is C22H27N5O2. The van der Waals surface area contributed by atoms with Crippen LogP contribution in [0.25, 0.3) is 0 Å². The number of anilines is 3. The molecule has 1 aromatic heterocycles. The van der Waals surface area contributed by atoms with E-state index in [2.05, 4.69) is 32.0 Å². The molecule has 1 aliphatic rings. The molecule has 0 atom stereocenters. The van der Waals surface area contributed by atoms with Gasteiger partial charge in [0.15, 0.2) is 0 Å². The van der Waals surface area contributed by atoms with Gasteiger partial charge in [-0.3, -0.25) is 9.59 Å². The van der Waals surface area contributed by atoms with Gasteiger partial charge in [0.2, 0.25) is 5.91 Å².